The summed E-state index contributed by atoms with van der Waals surface area (Å²) in [5, 5.41) is 0. The molecule has 0 fully saturated rings. The van der Waals surface area contributed by atoms with E-state index in [0.29, 0.717) is 0 Å². The Bertz CT molecular complexity index is 62.9. The zero-order chi connectivity index (χ0) is 20.0. The van der Waals surface area contributed by atoms with E-state index < -0.39 is 0 Å². The summed E-state index contributed by atoms with van der Waals surface area (Å²) in [6, 6.07) is 0. The van der Waals surface area contributed by atoms with E-state index in [1.54, 1.807) is 0 Å². The van der Waals surface area contributed by atoms with Crippen molar-refractivity contribution in [1.82, 2.24) is 0 Å². The van der Waals surface area contributed by atoms with Gasteiger partial charge in [-0.25, -0.2) is 0 Å². The molecular weight excluding hydrogens is 392 g/mol. The maximum absolute atomic E-state index is 7.75. The van der Waals surface area contributed by atoms with Gasteiger partial charge in [-0.3, -0.25) is 67.9 Å². The standard InChI is InChI=1S/10CHO.2Fe/c10*1-2;;/h10*1H;;/q10*-1;2*+5. The van der Waals surface area contributed by atoms with Crippen LogP contribution in [0.2, 0.25) is 0 Å². The van der Waals surface area contributed by atoms with Crippen LogP contribution in [-0.4, -0.2) is 67.9 Å². The van der Waals surface area contributed by atoms with E-state index in [1.807, 2.05) is 0 Å². The Morgan fingerprint density at radius 3 is 0.182 bits per heavy atom. The molecule has 0 saturated heterocycles. The molecule has 10 nitrogen and oxygen atoms in total. The Morgan fingerprint density at radius 2 is 0.182 bits per heavy atom. The number of rotatable bonds is 0. The summed E-state index contributed by atoms with van der Waals surface area (Å²) in [5.41, 5.74) is 0. The third kappa shape index (κ3) is 972. The minimum Gasteiger partial charge on any atom is -0.545 e. The molecule has 0 aliphatic heterocycles. The van der Waals surface area contributed by atoms with Gasteiger partial charge in [-0.2, -0.15) is 0 Å². The summed E-state index contributed by atoms with van der Waals surface area (Å²) >= 11 is 0. The van der Waals surface area contributed by atoms with Gasteiger partial charge >= 0.3 is 34.1 Å². The molecule has 0 aliphatic rings. The maximum Gasteiger partial charge on any atom is 5.00 e. The first-order chi connectivity index (χ1) is 10.0. The molecule has 0 atom stereocenters. The van der Waals surface area contributed by atoms with Crippen LogP contribution in [0.15, 0.2) is 0 Å². The zero-order valence-electron chi connectivity index (χ0n) is 10.6. The van der Waals surface area contributed by atoms with Gasteiger partial charge in [0.05, 0.1) is 0 Å². The number of hydrogen-bond acceptors (Lipinski definition) is 10. The molecule has 0 aliphatic carbocycles. The van der Waals surface area contributed by atoms with Crippen molar-refractivity contribution in [3.63, 3.8) is 0 Å². The fourth-order valence-electron chi connectivity index (χ4n) is 0. The van der Waals surface area contributed by atoms with E-state index in [-0.39, 0.29) is 34.1 Å². The third-order valence-electron chi connectivity index (χ3n) is 0. The van der Waals surface area contributed by atoms with Gasteiger partial charge in [-0.05, 0) is 0 Å². The van der Waals surface area contributed by atoms with Gasteiger partial charge in [0.15, 0.2) is 0 Å². The SMILES string of the molecule is [CH-]=O.[CH-]=O.[CH-]=O.[CH-]=O.[CH-]=O.[CH-]=O.[CH-]=O.[CH-]=O.[CH-]=O.[CH-]=O.[Fe+5].[Fe+5]. The molecule has 0 rings (SSSR count). The van der Waals surface area contributed by atoms with Gasteiger partial charge in [-0.1, -0.05) is 0 Å². The second-order valence-corrected chi connectivity index (χ2v) is 0. The molecule has 0 amide bonds. The molecule has 0 aromatic rings. The van der Waals surface area contributed by atoms with Crippen molar-refractivity contribution in [2.75, 3.05) is 0 Å². The maximum atomic E-state index is 7.75. The summed E-state index contributed by atoms with van der Waals surface area (Å²) in [4.78, 5) is 77.5. The number of carbonyl (C=O) groups excluding carboxylic acids is 10. The molecule has 0 spiro atoms. The fourth-order valence-corrected chi connectivity index (χ4v) is 0. The van der Waals surface area contributed by atoms with Gasteiger partial charge in [0.25, 0.3) is 0 Å². The first-order valence-corrected chi connectivity index (χ1v) is 2.36. The predicted octanol–water partition coefficient (Wildman–Crippen LogP) is -2.75. The van der Waals surface area contributed by atoms with Gasteiger partial charge in [0, 0.05) is 0 Å². The van der Waals surface area contributed by atoms with Gasteiger partial charge in [-0.15, -0.1) is 0 Å². The van der Waals surface area contributed by atoms with Crippen molar-refractivity contribution in [1.29, 1.82) is 0 Å². The first-order valence-electron chi connectivity index (χ1n) is 2.36. The fraction of sp³-hybridized carbons (Fsp3) is 0. The molecule has 0 saturated carbocycles. The topological polar surface area (TPSA) is 171 Å². The molecule has 0 N–H and O–H groups in total. The van der Waals surface area contributed by atoms with E-state index in [2.05, 4.69) is 67.9 Å². The van der Waals surface area contributed by atoms with Crippen LogP contribution < -0.4 is 0 Å². The molecular formula is C10H10Fe2O10. The van der Waals surface area contributed by atoms with Crippen LogP contribution in [0.3, 0.4) is 0 Å². The summed E-state index contributed by atoms with van der Waals surface area (Å²) in [5.74, 6) is 0. The van der Waals surface area contributed by atoms with Crippen LogP contribution in [0, 0.1) is 0 Å². The minimum absolute atomic E-state index is 0. The smallest absolute Gasteiger partial charge is 0.545 e. The van der Waals surface area contributed by atoms with E-state index in [0.717, 1.165) is 0 Å². The van der Waals surface area contributed by atoms with Crippen LogP contribution in [-0.2, 0) is 82.1 Å². The van der Waals surface area contributed by atoms with Crippen LogP contribution in [0.1, 0.15) is 0 Å². The molecule has 2 radical (unpaired) electrons. The van der Waals surface area contributed by atoms with Crippen molar-refractivity contribution >= 4 is 67.9 Å². The summed E-state index contributed by atoms with van der Waals surface area (Å²) in [6.07, 6.45) is 0. The Morgan fingerprint density at radius 1 is 0.182 bits per heavy atom. The van der Waals surface area contributed by atoms with Crippen molar-refractivity contribution in [3.05, 3.63) is 0 Å². The first kappa shape index (κ1) is 116. The van der Waals surface area contributed by atoms with Crippen molar-refractivity contribution in [2.45, 2.75) is 0 Å². The summed E-state index contributed by atoms with van der Waals surface area (Å²) in [6.45, 7) is 32.5. The molecule has 0 heterocycles. The van der Waals surface area contributed by atoms with Gasteiger partial charge < -0.3 is 47.9 Å². The van der Waals surface area contributed by atoms with Crippen molar-refractivity contribution in [3.8, 4) is 0 Å². The van der Waals surface area contributed by atoms with Gasteiger partial charge in [0.1, 0.15) is 0 Å². The van der Waals surface area contributed by atoms with Crippen LogP contribution in [0.25, 0.3) is 0 Å². The Hall–Kier alpha value is -2.26. The van der Waals surface area contributed by atoms with Crippen LogP contribution in [0.4, 0.5) is 0 Å². The van der Waals surface area contributed by atoms with Crippen molar-refractivity contribution < 1.29 is 82.1 Å². The van der Waals surface area contributed by atoms with E-state index in [1.165, 1.54) is 0 Å². The Labute approximate surface area is 150 Å². The monoisotopic (exact) mass is 402 g/mol. The summed E-state index contributed by atoms with van der Waals surface area (Å²) < 4.78 is 0. The van der Waals surface area contributed by atoms with E-state index >= 15 is 0 Å². The van der Waals surface area contributed by atoms with E-state index in [9.17, 15) is 0 Å². The third-order valence-corrected chi connectivity index (χ3v) is 0. The molecule has 0 aromatic heterocycles. The van der Waals surface area contributed by atoms with Gasteiger partial charge in [0.2, 0.25) is 0 Å². The molecule has 126 valence electrons. The second kappa shape index (κ2) is 1150. The minimum atomic E-state index is 0. The molecule has 0 bridgehead atoms. The molecule has 12 heteroatoms. The predicted molar refractivity (Wildman–Crippen MR) is 67.5 cm³/mol. The quantitative estimate of drug-likeness (QED) is 0.235. The Balaban J connectivity index is -0.00000000500. The molecule has 0 unspecified atom stereocenters. The molecule has 22 heavy (non-hydrogen) atoms. The molecule has 0 aromatic carbocycles. The van der Waals surface area contributed by atoms with Crippen LogP contribution >= 0.6 is 0 Å². The average molecular weight is 402 g/mol. The Kier molecular flexibility index (Phi) is 6070. The second-order valence-electron chi connectivity index (χ2n) is 0. The number of hydrogen-bond donors (Lipinski definition) is 0. The normalized spacial score (nSPS) is 1.82. The average Bonchev–Trinajstić information content (AvgIpc) is 2.71. The zero-order valence-corrected chi connectivity index (χ0v) is 12.8. The largest absolute Gasteiger partial charge is 5.00 e. The van der Waals surface area contributed by atoms with Crippen molar-refractivity contribution in [2.24, 2.45) is 0 Å². The van der Waals surface area contributed by atoms with Crippen LogP contribution in [0.5, 0.6) is 0 Å². The summed E-state index contributed by atoms with van der Waals surface area (Å²) in [7, 11) is 0. The van der Waals surface area contributed by atoms with E-state index in [4.69, 9.17) is 47.9 Å².